The van der Waals surface area contributed by atoms with Gasteiger partial charge in [-0.2, -0.15) is 0 Å². The number of aromatic nitrogens is 1. The van der Waals surface area contributed by atoms with Gasteiger partial charge in [0.05, 0.1) is 24.6 Å². The number of nitrogens with zero attached hydrogens (tertiary/aromatic N) is 1. The molecular weight excluding hydrogens is 248 g/mol. The van der Waals surface area contributed by atoms with E-state index in [9.17, 15) is 5.11 Å². The molecule has 0 aromatic carbocycles. The fourth-order valence-corrected chi connectivity index (χ4v) is 1.36. The van der Waals surface area contributed by atoms with E-state index in [1.54, 1.807) is 19.5 Å². The van der Waals surface area contributed by atoms with Gasteiger partial charge in [-0.25, -0.2) is 0 Å². The number of anilines is 1. The second kappa shape index (κ2) is 5.95. The highest BCUT2D eigenvalue weighted by atomic mass is 79.9. The summed E-state index contributed by atoms with van der Waals surface area (Å²) in [5, 5.41) is 12.4. The Labute approximate surface area is 91.4 Å². The molecule has 0 saturated heterocycles. The van der Waals surface area contributed by atoms with E-state index in [-0.39, 0.29) is 0 Å². The highest BCUT2D eigenvalue weighted by molar-refractivity contribution is 9.10. The third-order valence-corrected chi connectivity index (χ3v) is 2.04. The summed E-state index contributed by atoms with van der Waals surface area (Å²) in [4.78, 5) is 3.99. The maximum absolute atomic E-state index is 9.36. The van der Waals surface area contributed by atoms with Gasteiger partial charge < -0.3 is 15.2 Å². The SMILES string of the molecule is COC[C@H](O)CNc1cncc(Br)c1. The van der Waals surface area contributed by atoms with Crippen molar-refractivity contribution in [3.8, 4) is 0 Å². The van der Waals surface area contributed by atoms with Crippen molar-refractivity contribution in [1.82, 2.24) is 4.98 Å². The minimum atomic E-state index is -0.501. The van der Waals surface area contributed by atoms with E-state index in [1.165, 1.54) is 0 Å². The van der Waals surface area contributed by atoms with E-state index < -0.39 is 6.10 Å². The van der Waals surface area contributed by atoms with Crippen LogP contribution in [0.4, 0.5) is 5.69 Å². The molecule has 0 saturated carbocycles. The standard InChI is InChI=1S/C9H13BrN2O2/c1-14-6-9(13)5-12-8-2-7(10)3-11-4-8/h2-4,9,12-13H,5-6H2,1H3/t9-/m1/s1. The molecule has 1 aromatic heterocycles. The number of pyridine rings is 1. The van der Waals surface area contributed by atoms with Crippen molar-refractivity contribution in [3.05, 3.63) is 22.9 Å². The quantitative estimate of drug-likeness (QED) is 0.837. The van der Waals surface area contributed by atoms with Crippen molar-refractivity contribution in [1.29, 1.82) is 0 Å². The number of aliphatic hydroxyl groups excluding tert-OH is 1. The molecule has 0 spiro atoms. The smallest absolute Gasteiger partial charge is 0.0945 e. The number of methoxy groups -OCH3 is 1. The normalized spacial score (nSPS) is 12.5. The summed E-state index contributed by atoms with van der Waals surface area (Å²) in [6.45, 7) is 0.778. The fraction of sp³-hybridized carbons (Fsp3) is 0.444. The molecule has 5 heteroatoms. The minimum absolute atomic E-state index is 0.328. The molecule has 0 aliphatic heterocycles. The lowest BCUT2D eigenvalue weighted by Gasteiger charge is -2.11. The van der Waals surface area contributed by atoms with Gasteiger partial charge in [-0.05, 0) is 22.0 Å². The summed E-state index contributed by atoms with van der Waals surface area (Å²) in [5.41, 5.74) is 0.870. The van der Waals surface area contributed by atoms with E-state index in [2.05, 4.69) is 26.2 Å². The first-order chi connectivity index (χ1) is 6.72. The number of rotatable bonds is 5. The van der Waals surface area contributed by atoms with Gasteiger partial charge in [0.1, 0.15) is 0 Å². The van der Waals surface area contributed by atoms with Gasteiger partial charge >= 0.3 is 0 Å². The van der Waals surface area contributed by atoms with Crippen LogP contribution in [0.2, 0.25) is 0 Å². The van der Waals surface area contributed by atoms with E-state index in [1.807, 2.05) is 6.07 Å². The van der Waals surface area contributed by atoms with Crippen molar-refractivity contribution in [2.24, 2.45) is 0 Å². The molecule has 14 heavy (non-hydrogen) atoms. The molecule has 1 heterocycles. The lowest BCUT2D eigenvalue weighted by atomic mass is 10.3. The topological polar surface area (TPSA) is 54.4 Å². The Kier molecular flexibility index (Phi) is 4.86. The fourth-order valence-electron chi connectivity index (χ4n) is 0.996. The number of hydrogen-bond donors (Lipinski definition) is 2. The Morgan fingerprint density at radius 1 is 1.64 bits per heavy atom. The Hall–Kier alpha value is -0.650. The molecule has 4 nitrogen and oxygen atoms in total. The second-order valence-corrected chi connectivity index (χ2v) is 3.80. The zero-order chi connectivity index (χ0) is 10.4. The number of ether oxygens (including phenoxy) is 1. The summed E-state index contributed by atoms with van der Waals surface area (Å²) < 4.78 is 5.71. The summed E-state index contributed by atoms with van der Waals surface area (Å²) in [7, 11) is 1.56. The van der Waals surface area contributed by atoms with Crippen LogP contribution in [-0.4, -0.2) is 36.5 Å². The van der Waals surface area contributed by atoms with Gasteiger partial charge in [-0.3, -0.25) is 4.98 Å². The monoisotopic (exact) mass is 260 g/mol. The number of hydrogen-bond acceptors (Lipinski definition) is 4. The average Bonchev–Trinajstić information content (AvgIpc) is 2.15. The van der Waals surface area contributed by atoms with Gasteiger partial charge in [-0.15, -0.1) is 0 Å². The van der Waals surface area contributed by atoms with Crippen LogP contribution in [0, 0.1) is 0 Å². The van der Waals surface area contributed by atoms with Crippen molar-refractivity contribution in [2.75, 3.05) is 25.6 Å². The molecule has 0 aliphatic rings. The minimum Gasteiger partial charge on any atom is -0.389 e. The zero-order valence-corrected chi connectivity index (χ0v) is 9.49. The first kappa shape index (κ1) is 11.4. The van der Waals surface area contributed by atoms with Crippen molar-refractivity contribution >= 4 is 21.6 Å². The molecular formula is C9H13BrN2O2. The van der Waals surface area contributed by atoms with Crippen molar-refractivity contribution in [2.45, 2.75) is 6.10 Å². The molecule has 78 valence electrons. The average molecular weight is 261 g/mol. The molecule has 0 radical (unpaired) electrons. The molecule has 1 rings (SSSR count). The Bertz CT molecular complexity index is 283. The van der Waals surface area contributed by atoms with Gasteiger partial charge in [0.15, 0.2) is 0 Å². The maximum Gasteiger partial charge on any atom is 0.0945 e. The van der Waals surface area contributed by atoms with Crippen LogP contribution in [0.25, 0.3) is 0 Å². The Morgan fingerprint density at radius 2 is 2.43 bits per heavy atom. The van der Waals surface area contributed by atoms with Gasteiger partial charge in [0, 0.05) is 24.3 Å². The predicted octanol–water partition coefficient (Wildman–Crippen LogP) is 1.26. The van der Waals surface area contributed by atoms with E-state index in [4.69, 9.17) is 4.74 Å². The third kappa shape index (κ3) is 4.04. The highest BCUT2D eigenvalue weighted by Gasteiger charge is 2.02. The van der Waals surface area contributed by atoms with Crippen LogP contribution < -0.4 is 5.32 Å². The largest absolute Gasteiger partial charge is 0.389 e. The summed E-state index contributed by atoms with van der Waals surface area (Å²) in [6.07, 6.45) is 2.90. The summed E-state index contributed by atoms with van der Waals surface area (Å²) >= 11 is 3.31. The second-order valence-electron chi connectivity index (χ2n) is 2.88. The predicted molar refractivity (Wildman–Crippen MR) is 58.3 cm³/mol. The molecule has 2 N–H and O–H groups in total. The lowest BCUT2D eigenvalue weighted by molar-refractivity contribution is 0.0727. The molecule has 0 unspecified atom stereocenters. The molecule has 1 aromatic rings. The van der Waals surface area contributed by atoms with Crippen molar-refractivity contribution < 1.29 is 9.84 Å². The molecule has 0 aliphatic carbocycles. The van der Waals surface area contributed by atoms with Crippen LogP contribution in [-0.2, 0) is 4.74 Å². The van der Waals surface area contributed by atoms with Gasteiger partial charge in [0.2, 0.25) is 0 Å². The molecule has 1 atom stereocenters. The van der Waals surface area contributed by atoms with Crippen LogP contribution in [0.3, 0.4) is 0 Å². The first-order valence-corrected chi connectivity index (χ1v) is 5.03. The van der Waals surface area contributed by atoms with E-state index in [0.29, 0.717) is 13.2 Å². The lowest BCUT2D eigenvalue weighted by Crippen LogP contribution is -2.24. The summed E-state index contributed by atoms with van der Waals surface area (Å²) in [5.74, 6) is 0. The molecule has 0 amide bonds. The maximum atomic E-state index is 9.36. The third-order valence-electron chi connectivity index (χ3n) is 1.61. The Balaban J connectivity index is 2.37. The Morgan fingerprint density at radius 3 is 3.07 bits per heavy atom. The number of halogens is 1. The van der Waals surface area contributed by atoms with Gasteiger partial charge in [-0.1, -0.05) is 0 Å². The molecule has 0 bridgehead atoms. The molecule has 0 fully saturated rings. The van der Waals surface area contributed by atoms with Crippen molar-refractivity contribution in [3.63, 3.8) is 0 Å². The number of aliphatic hydroxyl groups is 1. The van der Waals surface area contributed by atoms with Gasteiger partial charge in [0.25, 0.3) is 0 Å². The first-order valence-electron chi connectivity index (χ1n) is 4.24. The highest BCUT2D eigenvalue weighted by Crippen LogP contribution is 2.13. The zero-order valence-electron chi connectivity index (χ0n) is 7.90. The van der Waals surface area contributed by atoms with E-state index in [0.717, 1.165) is 10.2 Å². The van der Waals surface area contributed by atoms with Crippen LogP contribution in [0.15, 0.2) is 22.9 Å². The number of nitrogens with one attached hydrogen (secondary N) is 1. The van der Waals surface area contributed by atoms with Crippen LogP contribution in [0.5, 0.6) is 0 Å². The summed E-state index contributed by atoms with van der Waals surface area (Å²) in [6, 6.07) is 1.90. The van der Waals surface area contributed by atoms with Crippen LogP contribution in [0.1, 0.15) is 0 Å². The van der Waals surface area contributed by atoms with Crippen LogP contribution >= 0.6 is 15.9 Å². The van der Waals surface area contributed by atoms with E-state index >= 15 is 0 Å².